The van der Waals surface area contributed by atoms with E-state index in [1.54, 1.807) is 7.11 Å². The predicted molar refractivity (Wildman–Crippen MR) is 94.0 cm³/mol. The van der Waals surface area contributed by atoms with Crippen LogP contribution in [-0.4, -0.2) is 38.3 Å². The van der Waals surface area contributed by atoms with Gasteiger partial charge in [0.05, 0.1) is 33.5 Å². The van der Waals surface area contributed by atoms with Crippen molar-refractivity contribution in [1.29, 1.82) is 0 Å². The summed E-state index contributed by atoms with van der Waals surface area (Å²) in [7, 11) is 1.68. The molecular formula is C20H25NO3. The monoisotopic (exact) mass is 327 g/mol. The van der Waals surface area contributed by atoms with Gasteiger partial charge in [0.15, 0.2) is 0 Å². The lowest BCUT2D eigenvalue weighted by molar-refractivity contribution is 0.0336. The molecule has 24 heavy (non-hydrogen) atoms. The van der Waals surface area contributed by atoms with Crippen molar-refractivity contribution in [2.24, 2.45) is 0 Å². The highest BCUT2D eigenvalue weighted by molar-refractivity contribution is 5.28. The molecule has 3 rings (SSSR count). The number of morpholine rings is 1. The Bertz CT molecular complexity index is 621. The van der Waals surface area contributed by atoms with E-state index in [1.807, 2.05) is 24.3 Å². The average molecular weight is 327 g/mol. The SMILES string of the molecule is COc1ccc(COCc2ccccc2CN2CCOCC2)cc1. The second kappa shape index (κ2) is 8.83. The molecule has 128 valence electrons. The summed E-state index contributed by atoms with van der Waals surface area (Å²) in [5, 5.41) is 0. The summed E-state index contributed by atoms with van der Waals surface area (Å²) in [5.41, 5.74) is 3.76. The van der Waals surface area contributed by atoms with Crippen molar-refractivity contribution in [3.05, 3.63) is 65.2 Å². The predicted octanol–water partition coefficient (Wildman–Crippen LogP) is 3.24. The zero-order chi connectivity index (χ0) is 16.6. The quantitative estimate of drug-likeness (QED) is 0.781. The van der Waals surface area contributed by atoms with E-state index in [0.717, 1.165) is 44.2 Å². The molecule has 0 aromatic heterocycles. The molecule has 4 heteroatoms. The Morgan fingerprint density at radius 3 is 2.33 bits per heavy atom. The minimum atomic E-state index is 0.607. The molecule has 1 aliphatic heterocycles. The van der Waals surface area contributed by atoms with Gasteiger partial charge in [0.1, 0.15) is 5.75 Å². The average Bonchev–Trinajstić information content (AvgIpc) is 2.64. The van der Waals surface area contributed by atoms with Crippen LogP contribution in [0.4, 0.5) is 0 Å². The molecule has 1 aliphatic rings. The zero-order valence-corrected chi connectivity index (χ0v) is 14.2. The van der Waals surface area contributed by atoms with Crippen LogP contribution in [0.3, 0.4) is 0 Å². The van der Waals surface area contributed by atoms with E-state index in [9.17, 15) is 0 Å². The number of ether oxygens (including phenoxy) is 3. The number of hydrogen-bond donors (Lipinski definition) is 0. The molecule has 0 bridgehead atoms. The Labute approximate surface area is 144 Å². The van der Waals surface area contributed by atoms with Gasteiger partial charge in [0.2, 0.25) is 0 Å². The van der Waals surface area contributed by atoms with Crippen molar-refractivity contribution in [2.75, 3.05) is 33.4 Å². The highest BCUT2D eigenvalue weighted by Crippen LogP contribution is 2.16. The molecule has 0 aliphatic carbocycles. The fourth-order valence-corrected chi connectivity index (χ4v) is 2.85. The van der Waals surface area contributed by atoms with E-state index in [4.69, 9.17) is 14.2 Å². The number of methoxy groups -OCH3 is 1. The highest BCUT2D eigenvalue weighted by atomic mass is 16.5. The van der Waals surface area contributed by atoms with Gasteiger partial charge >= 0.3 is 0 Å². The van der Waals surface area contributed by atoms with Crippen LogP contribution in [0.1, 0.15) is 16.7 Å². The lowest BCUT2D eigenvalue weighted by atomic mass is 10.1. The first-order chi connectivity index (χ1) is 11.8. The van der Waals surface area contributed by atoms with Gasteiger partial charge in [-0.05, 0) is 28.8 Å². The van der Waals surface area contributed by atoms with E-state index in [0.29, 0.717) is 13.2 Å². The van der Waals surface area contributed by atoms with Crippen LogP contribution in [0.15, 0.2) is 48.5 Å². The van der Waals surface area contributed by atoms with Crippen LogP contribution < -0.4 is 4.74 Å². The first kappa shape index (κ1) is 17.0. The topological polar surface area (TPSA) is 30.9 Å². The summed E-state index contributed by atoms with van der Waals surface area (Å²) < 4.78 is 16.5. The van der Waals surface area contributed by atoms with Crippen LogP contribution in [0.25, 0.3) is 0 Å². The van der Waals surface area contributed by atoms with Gasteiger partial charge in [-0.1, -0.05) is 36.4 Å². The summed E-state index contributed by atoms with van der Waals surface area (Å²) in [4.78, 5) is 2.44. The van der Waals surface area contributed by atoms with Gasteiger partial charge in [-0.2, -0.15) is 0 Å². The molecule has 0 atom stereocenters. The minimum Gasteiger partial charge on any atom is -0.497 e. The Hall–Kier alpha value is -1.88. The van der Waals surface area contributed by atoms with E-state index in [1.165, 1.54) is 11.1 Å². The van der Waals surface area contributed by atoms with Crippen molar-refractivity contribution in [1.82, 2.24) is 4.90 Å². The third-order valence-corrected chi connectivity index (χ3v) is 4.30. The van der Waals surface area contributed by atoms with Crippen LogP contribution in [-0.2, 0) is 29.2 Å². The molecule has 1 heterocycles. The van der Waals surface area contributed by atoms with Crippen molar-refractivity contribution in [2.45, 2.75) is 19.8 Å². The fraction of sp³-hybridized carbons (Fsp3) is 0.400. The number of benzene rings is 2. The van der Waals surface area contributed by atoms with Crippen LogP contribution in [0, 0.1) is 0 Å². The number of nitrogens with zero attached hydrogens (tertiary/aromatic N) is 1. The van der Waals surface area contributed by atoms with E-state index in [2.05, 4.69) is 29.2 Å². The first-order valence-corrected chi connectivity index (χ1v) is 8.43. The van der Waals surface area contributed by atoms with Gasteiger partial charge in [-0.25, -0.2) is 0 Å². The summed E-state index contributed by atoms with van der Waals surface area (Å²) >= 11 is 0. The third kappa shape index (κ3) is 4.81. The minimum absolute atomic E-state index is 0.607. The van der Waals surface area contributed by atoms with E-state index >= 15 is 0 Å². The van der Waals surface area contributed by atoms with Crippen molar-refractivity contribution in [3.8, 4) is 5.75 Å². The van der Waals surface area contributed by atoms with Gasteiger partial charge in [-0.15, -0.1) is 0 Å². The second-order valence-corrected chi connectivity index (χ2v) is 6.00. The maximum atomic E-state index is 5.93. The van der Waals surface area contributed by atoms with Crippen molar-refractivity contribution in [3.63, 3.8) is 0 Å². The molecule has 1 saturated heterocycles. The molecule has 4 nitrogen and oxygen atoms in total. The van der Waals surface area contributed by atoms with Crippen molar-refractivity contribution < 1.29 is 14.2 Å². The Balaban J connectivity index is 1.54. The summed E-state index contributed by atoms with van der Waals surface area (Å²) in [6.45, 7) is 5.86. The largest absolute Gasteiger partial charge is 0.497 e. The highest BCUT2D eigenvalue weighted by Gasteiger charge is 2.12. The van der Waals surface area contributed by atoms with Crippen LogP contribution in [0.5, 0.6) is 5.75 Å². The van der Waals surface area contributed by atoms with E-state index in [-0.39, 0.29) is 0 Å². The molecular weight excluding hydrogens is 302 g/mol. The third-order valence-electron chi connectivity index (χ3n) is 4.30. The Morgan fingerprint density at radius 2 is 1.62 bits per heavy atom. The van der Waals surface area contributed by atoms with Crippen LogP contribution in [0.2, 0.25) is 0 Å². The number of rotatable bonds is 7. The molecule has 2 aromatic carbocycles. The van der Waals surface area contributed by atoms with Crippen molar-refractivity contribution >= 4 is 0 Å². The molecule has 1 fully saturated rings. The molecule has 0 N–H and O–H groups in total. The maximum absolute atomic E-state index is 5.93. The summed E-state index contributed by atoms with van der Waals surface area (Å²) in [6.07, 6.45) is 0. The number of hydrogen-bond acceptors (Lipinski definition) is 4. The van der Waals surface area contributed by atoms with Gasteiger partial charge in [0.25, 0.3) is 0 Å². The Morgan fingerprint density at radius 1 is 0.917 bits per heavy atom. The molecule has 0 radical (unpaired) electrons. The Kier molecular flexibility index (Phi) is 6.24. The van der Waals surface area contributed by atoms with Gasteiger partial charge in [-0.3, -0.25) is 4.90 Å². The van der Waals surface area contributed by atoms with Crippen LogP contribution >= 0.6 is 0 Å². The lowest BCUT2D eigenvalue weighted by Crippen LogP contribution is -2.35. The summed E-state index contributed by atoms with van der Waals surface area (Å²) in [5.74, 6) is 0.870. The fourth-order valence-electron chi connectivity index (χ4n) is 2.85. The standard InChI is InChI=1S/C20H25NO3/c1-22-20-8-6-17(7-9-20)15-24-16-19-5-3-2-4-18(19)14-21-10-12-23-13-11-21/h2-9H,10-16H2,1H3. The molecule has 0 amide bonds. The normalized spacial score (nSPS) is 15.4. The summed E-state index contributed by atoms with van der Waals surface area (Å²) in [6, 6.07) is 16.5. The smallest absolute Gasteiger partial charge is 0.118 e. The molecule has 0 spiro atoms. The van der Waals surface area contributed by atoms with E-state index < -0.39 is 0 Å². The lowest BCUT2D eigenvalue weighted by Gasteiger charge is -2.27. The first-order valence-electron chi connectivity index (χ1n) is 8.43. The van der Waals surface area contributed by atoms with Gasteiger partial charge < -0.3 is 14.2 Å². The molecule has 0 unspecified atom stereocenters. The maximum Gasteiger partial charge on any atom is 0.118 e. The zero-order valence-electron chi connectivity index (χ0n) is 14.2. The molecule has 2 aromatic rings. The van der Waals surface area contributed by atoms with Gasteiger partial charge in [0, 0.05) is 19.6 Å². The molecule has 0 saturated carbocycles. The second-order valence-electron chi connectivity index (χ2n) is 6.00.